The van der Waals surface area contributed by atoms with Crippen LogP contribution in [-0.2, 0) is 16.1 Å². The number of aromatic amines is 1. The number of rotatable bonds is 4. The van der Waals surface area contributed by atoms with Crippen molar-refractivity contribution in [2.75, 3.05) is 13.6 Å². The molecule has 0 radical (unpaired) electrons. The second kappa shape index (κ2) is 7.13. The molecule has 7 nitrogen and oxygen atoms in total. The lowest BCUT2D eigenvalue weighted by Crippen LogP contribution is -2.37. The number of nitrogens with one attached hydrogen (secondary N) is 1. The van der Waals surface area contributed by atoms with Crippen molar-refractivity contribution in [1.29, 1.82) is 0 Å². The molecule has 1 atom stereocenters. The van der Waals surface area contributed by atoms with Gasteiger partial charge in [-0.1, -0.05) is 25.0 Å². The smallest absolute Gasteiger partial charge is 0.258 e. The lowest BCUT2D eigenvalue weighted by atomic mass is 10.1. The Kier molecular flexibility index (Phi) is 4.68. The Morgan fingerprint density at radius 3 is 2.78 bits per heavy atom. The number of benzene rings is 1. The van der Waals surface area contributed by atoms with E-state index >= 15 is 0 Å². The van der Waals surface area contributed by atoms with Gasteiger partial charge in [0.1, 0.15) is 5.82 Å². The number of aromatic nitrogens is 2. The predicted octanol–water partition coefficient (Wildman–Crippen LogP) is 1.67. The van der Waals surface area contributed by atoms with E-state index in [1.807, 2.05) is 11.0 Å². The number of para-hydroxylation sites is 1. The Hall–Kier alpha value is -2.70. The van der Waals surface area contributed by atoms with Gasteiger partial charge in [-0.2, -0.15) is 0 Å². The summed E-state index contributed by atoms with van der Waals surface area (Å²) in [4.78, 5) is 48.0. The monoisotopic (exact) mass is 368 g/mol. The molecule has 2 aliphatic rings. The minimum atomic E-state index is -0.310. The van der Waals surface area contributed by atoms with Crippen LogP contribution in [0.2, 0.25) is 0 Å². The summed E-state index contributed by atoms with van der Waals surface area (Å²) < 4.78 is 0. The van der Waals surface area contributed by atoms with Crippen LogP contribution in [0.1, 0.15) is 37.9 Å². The molecule has 1 aromatic carbocycles. The Morgan fingerprint density at radius 2 is 2.00 bits per heavy atom. The molecule has 27 heavy (non-hydrogen) atoms. The van der Waals surface area contributed by atoms with Crippen LogP contribution in [0.5, 0.6) is 0 Å². The number of H-pyrrole nitrogens is 1. The number of fused-ring (bicyclic) bond motifs is 1. The van der Waals surface area contributed by atoms with Gasteiger partial charge in [-0.15, -0.1) is 0 Å². The average Bonchev–Trinajstić information content (AvgIpc) is 3.30. The van der Waals surface area contributed by atoms with Gasteiger partial charge in [-0.3, -0.25) is 14.4 Å². The number of nitrogens with zero attached hydrogens (tertiary/aromatic N) is 3. The summed E-state index contributed by atoms with van der Waals surface area (Å²) >= 11 is 0. The first-order chi connectivity index (χ1) is 13.0. The molecule has 2 fully saturated rings. The van der Waals surface area contributed by atoms with E-state index in [0.717, 1.165) is 25.7 Å². The second-order valence-electron chi connectivity index (χ2n) is 7.61. The predicted molar refractivity (Wildman–Crippen MR) is 101 cm³/mol. The summed E-state index contributed by atoms with van der Waals surface area (Å²) in [6.07, 6.45) is 4.69. The zero-order chi connectivity index (χ0) is 19.0. The lowest BCUT2D eigenvalue weighted by molar-refractivity contribution is -0.135. The summed E-state index contributed by atoms with van der Waals surface area (Å²) in [6.45, 7) is 0.724. The largest absolute Gasteiger partial charge is 0.339 e. The molecular formula is C20H24N4O3. The highest BCUT2D eigenvalue weighted by Crippen LogP contribution is 2.30. The standard InChI is InChI=1S/C20H24N4O3/c1-23(12-17-21-16-9-5-4-8-15(16)19(26)22-17)20(27)13-10-18(25)24(11-13)14-6-2-3-7-14/h4-5,8-9,13-14H,2-3,6-7,10-12H2,1H3,(H,21,22,26)/t13-/m1/s1. The van der Waals surface area contributed by atoms with Crippen LogP contribution in [-0.4, -0.2) is 51.2 Å². The van der Waals surface area contributed by atoms with Crippen molar-refractivity contribution in [1.82, 2.24) is 19.8 Å². The summed E-state index contributed by atoms with van der Waals surface area (Å²) in [5, 5.41) is 0.531. The third-order valence-corrected chi connectivity index (χ3v) is 5.70. The van der Waals surface area contributed by atoms with E-state index < -0.39 is 0 Å². The van der Waals surface area contributed by atoms with Gasteiger partial charge in [0.2, 0.25) is 11.8 Å². The number of amides is 2. The van der Waals surface area contributed by atoms with Gasteiger partial charge in [-0.25, -0.2) is 4.98 Å². The fourth-order valence-corrected chi connectivity index (χ4v) is 4.29. The van der Waals surface area contributed by atoms with E-state index in [1.165, 1.54) is 0 Å². The summed E-state index contributed by atoms with van der Waals surface area (Å²) in [6, 6.07) is 7.43. The molecule has 1 saturated carbocycles. The molecule has 2 aromatic rings. The topological polar surface area (TPSA) is 86.4 Å². The zero-order valence-electron chi connectivity index (χ0n) is 15.5. The first-order valence-corrected chi connectivity index (χ1v) is 9.55. The highest BCUT2D eigenvalue weighted by atomic mass is 16.2. The van der Waals surface area contributed by atoms with Gasteiger partial charge in [0, 0.05) is 26.1 Å². The molecule has 0 unspecified atom stereocenters. The molecule has 4 rings (SSSR count). The highest BCUT2D eigenvalue weighted by molar-refractivity contribution is 5.89. The van der Waals surface area contributed by atoms with Gasteiger partial charge in [0.05, 0.1) is 23.4 Å². The van der Waals surface area contributed by atoms with Crippen molar-refractivity contribution in [2.24, 2.45) is 5.92 Å². The highest BCUT2D eigenvalue weighted by Gasteiger charge is 2.39. The molecule has 142 valence electrons. The van der Waals surface area contributed by atoms with Crippen molar-refractivity contribution in [2.45, 2.75) is 44.7 Å². The minimum absolute atomic E-state index is 0.0698. The molecule has 1 aliphatic carbocycles. The fourth-order valence-electron chi connectivity index (χ4n) is 4.29. The SMILES string of the molecule is CN(Cc1nc2ccccc2c(=O)[nH]1)C(=O)[C@@H]1CC(=O)N(C2CCCC2)C1. The van der Waals surface area contributed by atoms with Gasteiger partial charge in [-0.05, 0) is 25.0 Å². The zero-order valence-corrected chi connectivity index (χ0v) is 15.5. The molecule has 0 spiro atoms. The van der Waals surface area contributed by atoms with Crippen LogP contribution in [0.3, 0.4) is 0 Å². The van der Waals surface area contributed by atoms with Crippen LogP contribution in [0.15, 0.2) is 29.1 Å². The molecule has 1 aromatic heterocycles. The van der Waals surface area contributed by atoms with Crippen LogP contribution >= 0.6 is 0 Å². The maximum absolute atomic E-state index is 12.8. The molecule has 0 bridgehead atoms. The van der Waals surface area contributed by atoms with E-state index in [-0.39, 0.29) is 36.3 Å². The maximum atomic E-state index is 12.8. The van der Waals surface area contributed by atoms with Gasteiger partial charge in [0.15, 0.2) is 0 Å². The van der Waals surface area contributed by atoms with Gasteiger partial charge < -0.3 is 14.8 Å². The molecular weight excluding hydrogens is 344 g/mol. The molecule has 7 heteroatoms. The molecule has 1 N–H and O–H groups in total. The van der Waals surface area contributed by atoms with Crippen molar-refractivity contribution in [3.05, 3.63) is 40.4 Å². The summed E-state index contributed by atoms with van der Waals surface area (Å²) in [7, 11) is 1.69. The normalized spacial score (nSPS) is 20.6. The number of hydrogen-bond acceptors (Lipinski definition) is 4. The second-order valence-corrected chi connectivity index (χ2v) is 7.61. The third kappa shape index (κ3) is 3.46. The average molecular weight is 368 g/mol. The first-order valence-electron chi connectivity index (χ1n) is 9.55. The Balaban J connectivity index is 1.45. The maximum Gasteiger partial charge on any atom is 0.258 e. The Bertz CT molecular complexity index is 932. The third-order valence-electron chi connectivity index (χ3n) is 5.70. The minimum Gasteiger partial charge on any atom is -0.339 e. The lowest BCUT2D eigenvalue weighted by Gasteiger charge is -2.25. The van der Waals surface area contributed by atoms with Crippen LogP contribution < -0.4 is 5.56 Å². The fraction of sp³-hybridized carbons (Fsp3) is 0.500. The Morgan fingerprint density at radius 1 is 1.26 bits per heavy atom. The van der Waals surface area contributed by atoms with Crippen LogP contribution in [0.4, 0.5) is 0 Å². The van der Waals surface area contributed by atoms with E-state index in [0.29, 0.717) is 29.3 Å². The number of carbonyl (C=O) groups is 2. The molecule has 2 heterocycles. The van der Waals surface area contributed by atoms with E-state index in [2.05, 4.69) is 9.97 Å². The van der Waals surface area contributed by atoms with E-state index in [4.69, 9.17) is 0 Å². The number of carbonyl (C=O) groups excluding carboxylic acids is 2. The van der Waals surface area contributed by atoms with Crippen molar-refractivity contribution in [3.63, 3.8) is 0 Å². The molecule has 1 aliphatic heterocycles. The van der Waals surface area contributed by atoms with Crippen molar-refractivity contribution < 1.29 is 9.59 Å². The first kappa shape index (κ1) is 17.7. The van der Waals surface area contributed by atoms with Crippen molar-refractivity contribution in [3.8, 4) is 0 Å². The molecule has 2 amide bonds. The van der Waals surface area contributed by atoms with Crippen LogP contribution in [0, 0.1) is 5.92 Å². The van der Waals surface area contributed by atoms with Crippen LogP contribution in [0.25, 0.3) is 10.9 Å². The van der Waals surface area contributed by atoms with E-state index in [9.17, 15) is 14.4 Å². The number of hydrogen-bond donors (Lipinski definition) is 1. The van der Waals surface area contributed by atoms with Crippen molar-refractivity contribution >= 4 is 22.7 Å². The number of likely N-dealkylation sites (tertiary alicyclic amines) is 1. The van der Waals surface area contributed by atoms with E-state index in [1.54, 1.807) is 30.1 Å². The quantitative estimate of drug-likeness (QED) is 0.889. The summed E-state index contributed by atoms with van der Waals surface area (Å²) in [5.74, 6) is 0.160. The molecule has 1 saturated heterocycles. The summed E-state index contributed by atoms with van der Waals surface area (Å²) in [5.41, 5.74) is 0.403. The van der Waals surface area contributed by atoms with Gasteiger partial charge >= 0.3 is 0 Å². The Labute approximate surface area is 157 Å². The van der Waals surface area contributed by atoms with Gasteiger partial charge in [0.25, 0.3) is 5.56 Å².